The summed E-state index contributed by atoms with van der Waals surface area (Å²) in [6, 6.07) is 17.9. The molecule has 0 aliphatic heterocycles. The number of hydrogen-bond donors (Lipinski definition) is 0. The van der Waals surface area contributed by atoms with Crippen LogP contribution in [0, 0.1) is 11.3 Å². The van der Waals surface area contributed by atoms with Crippen molar-refractivity contribution < 1.29 is 52.7 Å². The van der Waals surface area contributed by atoms with Crippen molar-refractivity contribution in [2.45, 2.75) is 24.7 Å². The first-order chi connectivity index (χ1) is 26.3. The van der Waals surface area contributed by atoms with Gasteiger partial charge in [-0.05, 0) is 96.6 Å². The van der Waals surface area contributed by atoms with Crippen molar-refractivity contribution in [2.24, 2.45) is 0 Å². The van der Waals surface area contributed by atoms with Crippen LogP contribution in [0.5, 0.6) is 0 Å². The molecule has 0 saturated heterocycles. The third-order valence-electron chi connectivity index (χ3n) is 9.52. The average Bonchev–Trinajstić information content (AvgIpc) is 3.64. The molecule has 4 nitrogen and oxygen atoms in total. The Hall–Kier alpha value is -6.50. The molecule has 0 aliphatic rings. The molecular weight excluding hydrogens is 764 g/mol. The van der Waals surface area contributed by atoms with E-state index >= 15 is 0 Å². The number of aromatic nitrogens is 3. The number of nitrogens with zero attached hydrogens (tertiary/aromatic N) is 4. The van der Waals surface area contributed by atoms with Crippen LogP contribution in [0.25, 0.3) is 66.1 Å². The summed E-state index contributed by atoms with van der Waals surface area (Å²) < 4.78 is 170. The Morgan fingerprint density at radius 1 is 0.446 bits per heavy atom. The van der Waals surface area contributed by atoms with Crippen LogP contribution >= 0.6 is 0 Å². The van der Waals surface area contributed by atoms with Gasteiger partial charge in [0.2, 0.25) is 0 Å². The van der Waals surface area contributed by atoms with E-state index < -0.39 is 47.0 Å². The second-order valence-electron chi connectivity index (χ2n) is 12.8. The monoisotopic (exact) mass is 782 g/mol. The number of fused-ring (bicyclic) bond motifs is 6. The lowest BCUT2D eigenvalue weighted by molar-refractivity contribution is -0.138. The van der Waals surface area contributed by atoms with Crippen LogP contribution in [0.4, 0.5) is 52.7 Å². The highest BCUT2D eigenvalue weighted by molar-refractivity contribution is 6.12. The van der Waals surface area contributed by atoms with Crippen LogP contribution < -0.4 is 0 Å². The van der Waals surface area contributed by atoms with E-state index in [-0.39, 0.29) is 66.1 Å². The molecule has 282 valence electrons. The van der Waals surface area contributed by atoms with Gasteiger partial charge in [0.25, 0.3) is 0 Å². The molecular formula is C40H18F12N4. The molecule has 3 heterocycles. The standard InChI is InChI=1S/C40H18F12N4/c41-37(42,43)22-3-7-31-26(14-22)27-15-23(38(44,45)46)4-8-32(27)55(31)35-12-21(20-2-1-11-54-19-20)13-36(30(35)18-53)56-33-9-5-24(39(47,48)49)16-28(33)29-17-25(40(50,51)52)6-10-34(29)56/h1-17,19H. The SMILES string of the molecule is N#Cc1c(-n2c3ccc(C(F)(F)F)cc3c3cc(C(F)(F)F)ccc32)cc(-c2cccnc2)cc1-n1c2ccc(C(F)(F)F)cc2c2cc(C(F)(F)F)ccc21. The van der Waals surface area contributed by atoms with E-state index in [2.05, 4.69) is 4.98 Å². The van der Waals surface area contributed by atoms with Gasteiger partial charge >= 0.3 is 24.7 Å². The van der Waals surface area contributed by atoms with E-state index in [0.717, 1.165) is 48.5 Å². The van der Waals surface area contributed by atoms with Crippen molar-refractivity contribution in [3.05, 3.63) is 137 Å². The fourth-order valence-electron chi connectivity index (χ4n) is 7.05. The van der Waals surface area contributed by atoms with Gasteiger partial charge in [-0.1, -0.05) is 6.07 Å². The summed E-state index contributed by atoms with van der Waals surface area (Å²) in [4.78, 5) is 4.11. The molecule has 16 heteroatoms. The Labute approximate surface area is 306 Å². The Kier molecular flexibility index (Phi) is 7.98. The van der Waals surface area contributed by atoms with E-state index in [1.54, 1.807) is 12.1 Å². The van der Waals surface area contributed by atoms with Crippen molar-refractivity contribution in [2.75, 3.05) is 0 Å². The predicted octanol–water partition coefficient (Wildman–Crippen LogP) is 12.9. The summed E-state index contributed by atoms with van der Waals surface area (Å²) in [7, 11) is 0. The largest absolute Gasteiger partial charge is 0.416 e. The van der Waals surface area contributed by atoms with E-state index in [0.29, 0.717) is 29.8 Å². The molecule has 0 fully saturated rings. The quantitative estimate of drug-likeness (QED) is 0.168. The summed E-state index contributed by atoms with van der Waals surface area (Å²) in [5.41, 5.74) is -4.51. The maximum absolute atomic E-state index is 14.0. The van der Waals surface area contributed by atoms with Gasteiger partial charge in [0.05, 0.1) is 55.7 Å². The maximum Gasteiger partial charge on any atom is 0.416 e. The van der Waals surface area contributed by atoms with Gasteiger partial charge in [-0.15, -0.1) is 0 Å². The van der Waals surface area contributed by atoms with Crippen molar-refractivity contribution in [3.8, 4) is 28.6 Å². The smallest absolute Gasteiger partial charge is 0.308 e. The van der Waals surface area contributed by atoms with Crippen LogP contribution in [0.15, 0.2) is 109 Å². The molecule has 0 N–H and O–H groups in total. The molecule has 0 atom stereocenters. The number of benzene rings is 5. The molecule has 8 rings (SSSR count). The Morgan fingerprint density at radius 3 is 1.05 bits per heavy atom. The minimum absolute atomic E-state index is 0.0371. The highest BCUT2D eigenvalue weighted by Crippen LogP contribution is 2.44. The van der Waals surface area contributed by atoms with E-state index in [9.17, 15) is 57.9 Å². The third kappa shape index (κ3) is 5.94. The van der Waals surface area contributed by atoms with Gasteiger partial charge in [0.1, 0.15) is 11.6 Å². The van der Waals surface area contributed by atoms with E-state index in [4.69, 9.17) is 0 Å². The third-order valence-corrected chi connectivity index (χ3v) is 9.52. The zero-order valence-corrected chi connectivity index (χ0v) is 27.7. The minimum atomic E-state index is -4.88. The predicted molar refractivity (Wildman–Crippen MR) is 183 cm³/mol. The fourth-order valence-corrected chi connectivity index (χ4v) is 7.05. The van der Waals surface area contributed by atoms with E-state index in [1.165, 1.54) is 33.7 Å². The van der Waals surface area contributed by atoms with Gasteiger partial charge in [-0.3, -0.25) is 4.98 Å². The lowest BCUT2D eigenvalue weighted by atomic mass is 10.0. The molecule has 5 aromatic carbocycles. The molecule has 0 aliphatic carbocycles. The Bertz CT molecular complexity index is 2610. The first kappa shape index (κ1) is 36.5. The topological polar surface area (TPSA) is 46.5 Å². The van der Waals surface area contributed by atoms with Gasteiger partial charge in [-0.2, -0.15) is 57.9 Å². The summed E-state index contributed by atoms with van der Waals surface area (Å²) in [5, 5.41) is 9.90. The maximum atomic E-state index is 14.0. The van der Waals surface area contributed by atoms with Crippen LogP contribution in [-0.2, 0) is 24.7 Å². The molecule has 3 aromatic heterocycles. The Morgan fingerprint density at radius 2 is 0.786 bits per heavy atom. The van der Waals surface area contributed by atoms with E-state index in [1.807, 2.05) is 6.07 Å². The lowest BCUT2D eigenvalue weighted by Gasteiger charge is -2.18. The second kappa shape index (κ2) is 12.3. The number of pyridine rings is 1. The molecule has 0 spiro atoms. The zero-order valence-electron chi connectivity index (χ0n) is 27.7. The molecule has 56 heavy (non-hydrogen) atoms. The van der Waals surface area contributed by atoms with Gasteiger partial charge in [-0.25, -0.2) is 0 Å². The number of rotatable bonds is 3. The highest BCUT2D eigenvalue weighted by Gasteiger charge is 2.36. The van der Waals surface area contributed by atoms with Crippen molar-refractivity contribution in [3.63, 3.8) is 0 Å². The normalized spacial score (nSPS) is 13.0. The zero-order chi connectivity index (χ0) is 40.1. The molecule has 0 radical (unpaired) electrons. The second-order valence-corrected chi connectivity index (χ2v) is 12.8. The summed E-state index contributed by atoms with van der Waals surface area (Å²) in [6.07, 6.45) is -16.7. The number of halogens is 12. The van der Waals surface area contributed by atoms with Crippen LogP contribution in [-0.4, -0.2) is 14.1 Å². The molecule has 8 aromatic rings. The van der Waals surface area contributed by atoms with Crippen LogP contribution in [0.3, 0.4) is 0 Å². The number of hydrogen-bond acceptors (Lipinski definition) is 2. The minimum Gasteiger partial charge on any atom is -0.308 e. The molecule has 0 saturated carbocycles. The lowest BCUT2D eigenvalue weighted by Crippen LogP contribution is -2.07. The summed E-state index contributed by atoms with van der Waals surface area (Å²) in [6.45, 7) is 0. The first-order valence-electron chi connectivity index (χ1n) is 16.2. The molecule has 0 amide bonds. The summed E-state index contributed by atoms with van der Waals surface area (Å²) in [5.74, 6) is 0. The highest BCUT2D eigenvalue weighted by atomic mass is 19.4. The summed E-state index contributed by atoms with van der Waals surface area (Å²) >= 11 is 0. The number of nitriles is 1. The molecule has 0 bridgehead atoms. The molecule has 0 unspecified atom stereocenters. The van der Waals surface area contributed by atoms with Crippen molar-refractivity contribution >= 4 is 43.6 Å². The van der Waals surface area contributed by atoms with Crippen molar-refractivity contribution in [1.29, 1.82) is 5.26 Å². The van der Waals surface area contributed by atoms with Crippen molar-refractivity contribution in [1.82, 2.24) is 14.1 Å². The fraction of sp³-hybridized carbons (Fsp3) is 0.100. The van der Waals surface area contributed by atoms with Gasteiger partial charge < -0.3 is 9.13 Å². The average molecular weight is 783 g/mol. The Balaban J connectivity index is 1.54. The van der Waals surface area contributed by atoms with Crippen LogP contribution in [0.1, 0.15) is 27.8 Å². The van der Waals surface area contributed by atoms with Gasteiger partial charge in [0, 0.05) is 39.5 Å². The first-order valence-corrected chi connectivity index (χ1v) is 16.2. The van der Waals surface area contributed by atoms with Gasteiger partial charge in [0.15, 0.2) is 0 Å². The van der Waals surface area contributed by atoms with Crippen LogP contribution in [0.2, 0.25) is 0 Å². The number of alkyl halides is 12.